The molecule has 1 aliphatic carbocycles. The number of benzene rings is 2. The van der Waals surface area contributed by atoms with Crippen molar-refractivity contribution in [1.29, 1.82) is 0 Å². The lowest BCUT2D eigenvalue weighted by atomic mass is 9.98. The van der Waals surface area contributed by atoms with Crippen LogP contribution >= 0.6 is 0 Å². The topological polar surface area (TPSA) is 114 Å². The lowest BCUT2D eigenvalue weighted by Gasteiger charge is -2.25. The van der Waals surface area contributed by atoms with Crippen LogP contribution in [0.15, 0.2) is 48.5 Å². The lowest BCUT2D eigenvalue weighted by Crippen LogP contribution is -2.56. The van der Waals surface area contributed by atoms with Crippen molar-refractivity contribution in [3.05, 3.63) is 59.7 Å². The molecular formula is C25H28N2O6. The first-order valence-electron chi connectivity index (χ1n) is 11.2. The average molecular weight is 453 g/mol. The minimum absolute atomic E-state index is 0.0459. The van der Waals surface area contributed by atoms with E-state index in [1.165, 1.54) is 0 Å². The summed E-state index contributed by atoms with van der Waals surface area (Å²) in [5.74, 6) is -1.62. The predicted octanol–water partition coefficient (Wildman–Crippen LogP) is 3.05. The van der Waals surface area contributed by atoms with E-state index in [0.717, 1.165) is 22.3 Å². The zero-order valence-electron chi connectivity index (χ0n) is 18.5. The van der Waals surface area contributed by atoms with Gasteiger partial charge < -0.3 is 25.2 Å². The number of carbonyl (C=O) groups excluding carboxylic acids is 2. The number of nitrogens with one attached hydrogen (secondary N) is 2. The number of hydrogen-bond donors (Lipinski definition) is 3. The maximum atomic E-state index is 12.5. The summed E-state index contributed by atoms with van der Waals surface area (Å²) in [6, 6.07) is 15.7. The van der Waals surface area contributed by atoms with Crippen LogP contribution in [0, 0.1) is 0 Å². The highest BCUT2D eigenvalue weighted by atomic mass is 16.5. The molecule has 174 valence electrons. The van der Waals surface area contributed by atoms with Crippen LogP contribution in [0.4, 0.5) is 4.79 Å². The van der Waals surface area contributed by atoms with E-state index in [2.05, 4.69) is 22.8 Å². The average Bonchev–Trinajstić information content (AvgIpc) is 3.41. The predicted molar refractivity (Wildman–Crippen MR) is 121 cm³/mol. The fourth-order valence-corrected chi connectivity index (χ4v) is 4.53. The zero-order valence-corrected chi connectivity index (χ0v) is 18.5. The summed E-state index contributed by atoms with van der Waals surface area (Å²) < 4.78 is 10.7. The summed E-state index contributed by atoms with van der Waals surface area (Å²) in [7, 11) is 0. The van der Waals surface area contributed by atoms with Gasteiger partial charge in [0.1, 0.15) is 6.61 Å². The highest BCUT2D eigenvalue weighted by Crippen LogP contribution is 2.44. The number of amides is 2. The quantitative estimate of drug-likeness (QED) is 0.567. The van der Waals surface area contributed by atoms with Gasteiger partial charge >= 0.3 is 12.1 Å². The van der Waals surface area contributed by atoms with E-state index in [-0.39, 0.29) is 38.6 Å². The molecule has 0 bridgehead atoms. The van der Waals surface area contributed by atoms with Crippen LogP contribution in [0.2, 0.25) is 0 Å². The second-order valence-corrected chi connectivity index (χ2v) is 8.52. The first-order chi connectivity index (χ1) is 15.9. The Morgan fingerprint density at radius 1 is 1.12 bits per heavy atom. The van der Waals surface area contributed by atoms with E-state index in [1.807, 2.05) is 43.3 Å². The summed E-state index contributed by atoms with van der Waals surface area (Å²) >= 11 is 0. The first kappa shape index (κ1) is 22.8. The Morgan fingerprint density at radius 3 is 2.30 bits per heavy atom. The van der Waals surface area contributed by atoms with Gasteiger partial charge in [-0.1, -0.05) is 55.5 Å². The van der Waals surface area contributed by atoms with Gasteiger partial charge in [-0.05, 0) is 28.7 Å². The molecule has 2 amide bonds. The number of carbonyl (C=O) groups is 3. The van der Waals surface area contributed by atoms with Crippen LogP contribution in [-0.2, 0) is 19.1 Å². The van der Waals surface area contributed by atoms with Crippen molar-refractivity contribution in [2.75, 3.05) is 19.8 Å². The molecule has 2 aromatic carbocycles. The standard InChI is InChI=1S/C25H28N2O6/c1-2-16(13-22(28)27-25(23(29)30)11-12-32-15-25)26-24(31)33-14-21-19-9-5-3-7-17(19)18-8-4-6-10-20(18)21/h3-10,16,21H,2,11-15H2,1H3,(H,26,31)(H,27,28)(H,29,30)/t16-,25?/m1/s1. The molecule has 2 aliphatic rings. The van der Waals surface area contributed by atoms with Gasteiger partial charge in [-0.3, -0.25) is 4.79 Å². The number of carboxylic acids is 1. The number of aliphatic carboxylic acids is 1. The third-order valence-corrected chi connectivity index (χ3v) is 6.40. The van der Waals surface area contributed by atoms with Crippen LogP contribution in [0.3, 0.4) is 0 Å². The van der Waals surface area contributed by atoms with Gasteiger partial charge in [0, 0.05) is 31.4 Å². The van der Waals surface area contributed by atoms with Crippen LogP contribution in [-0.4, -0.2) is 54.5 Å². The third kappa shape index (κ3) is 4.71. The van der Waals surface area contributed by atoms with Crippen LogP contribution in [0.1, 0.15) is 43.2 Å². The maximum absolute atomic E-state index is 12.5. The molecule has 0 radical (unpaired) electrons. The third-order valence-electron chi connectivity index (χ3n) is 6.40. The van der Waals surface area contributed by atoms with Crippen molar-refractivity contribution in [2.24, 2.45) is 0 Å². The van der Waals surface area contributed by atoms with E-state index in [1.54, 1.807) is 0 Å². The minimum atomic E-state index is -1.40. The summed E-state index contributed by atoms with van der Waals surface area (Å²) in [6.45, 7) is 2.24. The molecule has 33 heavy (non-hydrogen) atoms. The molecule has 8 heteroatoms. The van der Waals surface area contributed by atoms with Crippen molar-refractivity contribution in [3.8, 4) is 11.1 Å². The number of fused-ring (bicyclic) bond motifs is 3. The van der Waals surface area contributed by atoms with E-state index in [0.29, 0.717) is 6.42 Å². The summed E-state index contributed by atoms with van der Waals surface area (Å²) in [5, 5.41) is 14.8. The number of hydrogen-bond acceptors (Lipinski definition) is 5. The smallest absolute Gasteiger partial charge is 0.407 e. The van der Waals surface area contributed by atoms with Gasteiger partial charge in [0.05, 0.1) is 6.61 Å². The van der Waals surface area contributed by atoms with E-state index in [4.69, 9.17) is 9.47 Å². The minimum Gasteiger partial charge on any atom is -0.479 e. The van der Waals surface area contributed by atoms with Crippen molar-refractivity contribution < 1.29 is 29.0 Å². The van der Waals surface area contributed by atoms with E-state index >= 15 is 0 Å². The van der Waals surface area contributed by atoms with E-state index < -0.39 is 29.6 Å². The molecule has 1 fully saturated rings. The SMILES string of the molecule is CC[C@H](CC(=O)NC1(C(=O)O)CCOC1)NC(=O)OCC1c2ccccc2-c2ccccc21. The Labute approximate surface area is 192 Å². The van der Waals surface area contributed by atoms with Gasteiger partial charge in [-0.25, -0.2) is 9.59 Å². The second-order valence-electron chi connectivity index (χ2n) is 8.52. The highest BCUT2D eigenvalue weighted by Gasteiger charge is 2.44. The Bertz CT molecular complexity index is 1000. The summed E-state index contributed by atoms with van der Waals surface area (Å²) in [5.41, 5.74) is 3.13. The van der Waals surface area contributed by atoms with Gasteiger partial charge in [-0.2, -0.15) is 0 Å². The largest absolute Gasteiger partial charge is 0.479 e. The molecule has 8 nitrogen and oxygen atoms in total. The molecule has 1 aliphatic heterocycles. The zero-order chi connectivity index (χ0) is 23.4. The molecule has 2 aromatic rings. The van der Waals surface area contributed by atoms with Gasteiger partial charge in [-0.15, -0.1) is 0 Å². The van der Waals surface area contributed by atoms with E-state index in [9.17, 15) is 19.5 Å². The summed E-state index contributed by atoms with van der Waals surface area (Å²) in [6.07, 6.45) is 0.0582. The Kier molecular flexibility index (Phi) is 6.65. The Morgan fingerprint density at radius 2 is 1.76 bits per heavy atom. The van der Waals surface area contributed by atoms with Crippen LogP contribution < -0.4 is 10.6 Å². The number of alkyl carbamates (subject to hydrolysis) is 1. The maximum Gasteiger partial charge on any atom is 0.407 e. The fourth-order valence-electron chi connectivity index (χ4n) is 4.53. The van der Waals surface area contributed by atoms with Gasteiger partial charge in [0.15, 0.2) is 5.54 Å². The second kappa shape index (κ2) is 9.62. The number of carboxylic acid groups (broad SMARTS) is 1. The van der Waals surface area contributed by atoms with Crippen molar-refractivity contribution >= 4 is 18.0 Å². The molecule has 0 saturated carbocycles. The Balaban J connectivity index is 1.34. The first-order valence-corrected chi connectivity index (χ1v) is 11.2. The summed E-state index contributed by atoms with van der Waals surface area (Å²) in [4.78, 5) is 36.6. The molecule has 1 heterocycles. The van der Waals surface area contributed by atoms with Crippen LogP contribution in [0.5, 0.6) is 0 Å². The fraction of sp³-hybridized carbons (Fsp3) is 0.400. The molecule has 4 rings (SSSR count). The van der Waals surface area contributed by atoms with Gasteiger partial charge in [0.25, 0.3) is 0 Å². The highest BCUT2D eigenvalue weighted by molar-refractivity contribution is 5.88. The normalized spacial score (nSPS) is 19.9. The molecular weight excluding hydrogens is 424 g/mol. The number of rotatable bonds is 8. The molecule has 3 N–H and O–H groups in total. The molecule has 1 saturated heterocycles. The lowest BCUT2D eigenvalue weighted by molar-refractivity contribution is -0.147. The Hall–Kier alpha value is -3.39. The monoisotopic (exact) mass is 452 g/mol. The molecule has 0 aromatic heterocycles. The number of ether oxygens (including phenoxy) is 2. The van der Waals surface area contributed by atoms with Crippen molar-refractivity contribution in [1.82, 2.24) is 10.6 Å². The van der Waals surface area contributed by atoms with Crippen LogP contribution in [0.25, 0.3) is 11.1 Å². The molecule has 1 unspecified atom stereocenters. The van der Waals surface area contributed by atoms with Crippen molar-refractivity contribution in [3.63, 3.8) is 0 Å². The van der Waals surface area contributed by atoms with Gasteiger partial charge in [0.2, 0.25) is 5.91 Å². The van der Waals surface area contributed by atoms with Crippen molar-refractivity contribution in [2.45, 2.75) is 43.7 Å². The molecule has 0 spiro atoms. The molecule has 2 atom stereocenters.